The summed E-state index contributed by atoms with van der Waals surface area (Å²) in [5.41, 5.74) is 10.1. The topological polar surface area (TPSA) is 185 Å². The molecule has 304 valence electrons. The summed E-state index contributed by atoms with van der Waals surface area (Å²) in [5, 5.41) is 17.9. The van der Waals surface area contributed by atoms with Gasteiger partial charge in [0.25, 0.3) is 11.7 Å². The van der Waals surface area contributed by atoms with Gasteiger partial charge in [-0.2, -0.15) is 10.1 Å². The predicted octanol–water partition coefficient (Wildman–Crippen LogP) is 6.81. The molecule has 3 amide bonds. The normalized spacial score (nSPS) is 17.3. The molecule has 0 spiro atoms. The highest BCUT2D eigenvalue weighted by atomic mass is 16.5. The second kappa shape index (κ2) is 16.2. The number of aryl methyl sites for hydroxylation is 2. The number of hydrogen-bond acceptors (Lipinski definition) is 11. The summed E-state index contributed by atoms with van der Waals surface area (Å²) in [6.45, 7) is 14.8. The van der Waals surface area contributed by atoms with E-state index in [9.17, 15) is 14.4 Å². The summed E-state index contributed by atoms with van der Waals surface area (Å²) < 4.78 is 5.31. The zero-order valence-electron chi connectivity index (χ0n) is 34.4. The molecule has 59 heavy (non-hydrogen) atoms. The van der Waals surface area contributed by atoms with Crippen LogP contribution in [0.15, 0.2) is 65.6 Å². The minimum atomic E-state index is -0.390. The maximum Gasteiger partial charge on any atom is 0.293 e. The number of imide groups is 1. The van der Waals surface area contributed by atoms with Crippen molar-refractivity contribution < 1.29 is 18.9 Å². The van der Waals surface area contributed by atoms with Gasteiger partial charge in [0.1, 0.15) is 5.69 Å². The summed E-state index contributed by atoms with van der Waals surface area (Å²) in [7, 11) is 0. The summed E-state index contributed by atoms with van der Waals surface area (Å²) in [6, 6.07) is 14.3. The highest BCUT2D eigenvalue weighted by Crippen LogP contribution is 2.33. The summed E-state index contributed by atoms with van der Waals surface area (Å²) in [5.74, 6) is -0.249. The van der Waals surface area contributed by atoms with Crippen LogP contribution in [0.25, 0.3) is 33.5 Å². The van der Waals surface area contributed by atoms with E-state index in [0.29, 0.717) is 30.3 Å². The molecule has 0 bridgehead atoms. The van der Waals surface area contributed by atoms with Gasteiger partial charge in [-0.1, -0.05) is 44.1 Å². The van der Waals surface area contributed by atoms with Crippen LogP contribution in [0, 0.1) is 13.8 Å². The van der Waals surface area contributed by atoms with E-state index >= 15 is 0 Å². The molecule has 0 aliphatic carbocycles. The molecule has 1 unspecified atom stereocenters. The lowest BCUT2D eigenvalue weighted by molar-refractivity contribution is -0.134. The maximum absolute atomic E-state index is 12.9. The van der Waals surface area contributed by atoms with Crippen LogP contribution in [0.1, 0.15) is 121 Å². The minimum Gasteiger partial charge on any atom is -0.343 e. The van der Waals surface area contributed by atoms with Gasteiger partial charge in [0, 0.05) is 65.6 Å². The van der Waals surface area contributed by atoms with Gasteiger partial charge in [0.15, 0.2) is 5.65 Å². The summed E-state index contributed by atoms with van der Waals surface area (Å²) >= 11 is 0. The lowest BCUT2D eigenvalue weighted by Gasteiger charge is -2.32. The third-order valence-corrected chi connectivity index (χ3v) is 11.7. The smallest absolute Gasteiger partial charge is 0.293 e. The number of fused-ring (bicyclic) bond motifs is 1. The number of carbonyl (C=O) groups excluding carboxylic acids is 3. The van der Waals surface area contributed by atoms with E-state index < -0.39 is 5.91 Å². The van der Waals surface area contributed by atoms with Gasteiger partial charge in [-0.15, -0.1) is 0 Å². The number of nitrogens with zero attached hydrogens (tertiary/aromatic N) is 7. The average molecular weight is 795 g/mol. The molecule has 7 heterocycles. The van der Waals surface area contributed by atoms with Crippen molar-refractivity contribution in [3.8, 4) is 22.5 Å². The fourth-order valence-electron chi connectivity index (χ4n) is 8.23. The number of aromatic amines is 1. The van der Waals surface area contributed by atoms with E-state index in [1.165, 1.54) is 5.56 Å². The Morgan fingerprint density at radius 1 is 0.949 bits per heavy atom. The quantitative estimate of drug-likeness (QED) is 0.124. The zero-order chi connectivity index (χ0) is 41.4. The molecule has 14 heteroatoms. The summed E-state index contributed by atoms with van der Waals surface area (Å²) in [6.07, 6.45) is 9.54. The second-order valence-electron chi connectivity index (χ2n) is 17.0. The third-order valence-electron chi connectivity index (χ3n) is 11.7. The summed E-state index contributed by atoms with van der Waals surface area (Å²) in [4.78, 5) is 57.9. The number of carbonyl (C=O) groups is 3. The maximum atomic E-state index is 12.9. The van der Waals surface area contributed by atoms with Crippen LogP contribution in [0.2, 0.25) is 0 Å². The molecule has 0 saturated carbocycles. The first kappa shape index (κ1) is 39.7. The zero-order valence-corrected chi connectivity index (χ0v) is 34.4. The fourth-order valence-corrected chi connectivity index (χ4v) is 8.23. The van der Waals surface area contributed by atoms with Crippen molar-refractivity contribution in [1.82, 2.24) is 50.8 Å². The van der Waals surface area contributed by atoms with Crippen LogP contribution >= 0.6 is 0 Å². The van der Waals surface area contributed by atoms with Crippen molar-refractivity contribution >= 4 is 28.8 Å². The first-order chi connectivity index (χ1) is 28.3. The molecular formula is C45H50N10O4. The number of nitrogens with one attached hydrogen (secondary N) is 3. The van der Waals surface area contributed by atoms with Crippen LogP contribution in [-0.2, 0) is 21.4 Å². The molecule has 6 aromatic rings. The molecule has 8 rings (SSSR count). The molecule has 3 N–H and O–H groups in total. The number of likely N-dealkylation sites (tertiary alicyclic amines) is 1. The van der Waals surface area contributed by atoms with Crippen molar-refractivity contribution in [1.29, 1.82) is 0 Å². The molecule has 0 radical (unpaired) electrons. The first-order valence-corrected chi connectivity index (χ1v) is 20.4. The second-order valence-corrected chi connectivity index (χ2v) is 17.0. The Balaban J connectivity index is 0.870. The molecule has 2 atom stereocenters. The standard InChI is InChI=1S/C45H50N10O4/c1-25-19-29(7-9-33(25)27(3)49-43(58)41-51-44(59-54-41)45(4,5)6)39-35-21-31(23-48-40(35)53-52-39)37-11-8-30(22-47-37)28-13-16-55(17-14-28)18-15-32-20-26(2)36(24-46-32)34-10-12-38(56)50-42(34)57/h7-9,11,19-24,27-28,34H,10,12-18H2,1-6H3,(H,49,58)(H,48,52,53)(H,50,56,57)/t27-,34?/m1/s1. The van der Waals surface area contributed by atoms with Crippen molar-refractivity contribution in [3.63, 3.8) is 0 Å². The number of H-pyrrole nitrogens is 1. The van der Waals surface area contributed by atoms with E-state index in [0.717, 1.165) is 94.7 Å². The number of rotatable bonds is 10. The fraction of sp³-hybridized carbons (Fsp3) is 0.400. The predicted molar refractivity (Wildman–Crippen MR) is 222 cm³/mol. The molecule has 2 aliphatic heterocycles. The highest BCUT2D eigenvalue weighted by molar-refractivity contribution is 6.01. The number of aromatic nitrogens is 7. The van der Waals surface area contributed by atoms with Gasteiger partial charge < -0.3 is 14.7 Å². The number of benzene rings is 1. The Labute approximate surface area is 343 Å². The molecule has 2 fully saturated rings. The van der Waals surface area contributed by atoms with E-state index in [-0.39, 0.29) is 35.0 Å². The van der Waals surface area contributed by atoms with Crippen molar-refractivity contribution in [2.45, 2.75) is 96.9 Å². The van der Waals surface area contributed by atoms with Crippen molar-refractivity contribution in [2.24, 2.45) is 0 Å². The molecule has 5 aromatic heterocycles. The number of hydrogen-bond donors (Lipinski definition) is 3. The van der Waals surface area contributed by atoms with Crippen molar-refractivity contribution in [2.75, 3.05) is 19.6 Å². The molecule has 14 nitrogen and oxygen atoms in total. The monoisotopic (exact) mass is 794 g/mol. The lowest BCUT2D eigenvalue weighted by atomic mass is 9.88. The van der Waals surface area contributed by atoms with Gasteiger partial charge >= 0.3 is 0 Å². The Kier molecular flexibility index (Phi) is 10.9. The van der Waals surface area contributed by atoms with E-state index in [2.05, 4.69) is 76.2 Å². The van der Waals surface area contributed by atoms with Gasteiger partial charge in [0.2, 0.25) is 17.7 Å². The Morgan fingerprint density at radius 3 is 2.46 bits per heavy atom. The van der Waals surface area contributed by atoms with Crippen LogP contribution < -0.4 is 10.6 Å². The third kappa shape index (κ3) is 8.54. The van der Waals surface area contributed by atoms with Gasteiger partial charge in [-0.25, -0.2) is 4.98 Å². The minimum absolute atomic E-state index is 0.0164. The Bertz CT molecular complexity index is 2530. The van der Waals surface area contributed by atoms with Gasteiger partial charge in [-0.3, -0.25) is 34.8 Å². The van der Waals surface area contributed by atoms with E-state index in [4.69, 9.17) is 9.51 Å². The van der Waals surface area contributed by atoms with Crippen LogP contribution in [-0.4, -0.2) is 77.5 Å². The number of piperidine rings is 2. The largest absolute Gasteiger partial charge is 0.343 e. The molecule has 1 aromatic carbocycles. The average Bonchev–Trinajstić information content (AvgIpc) is 3.90. The van der Waals surface area contributed by atoms with Gasteiger partial charge in [0.05, 0.1) is 17.7 Å². The van der Waals surface area contributed by atoms with E-state index in [1.807, 2.05) is 72.3 Å². The van der Waals surface area contributed by atoms with Crippen LogP contribution in [0.3, 0.4) is 0 Å². The van der Waals surface area contributed by atoms with Gasteiger partial charge in [-0.05, 0) is 111 Å². The van der Waals surface area contributed by atoms with Crippen LogP contribution in [0.5, 0.6) is 0 Å². The Morgan fingerprint density at radius 2 is 1.76 bits per heavy atom. The van der Waals surface area contributed by atoms with Crippen LogP contribution in [0.4, 0.5) is 0 Å². The number of pyridine rings is 3. The first-order valence-electron chi connectivity index (χ1n) is 20.4. The highest BCUT2D eigenvalue weighted by Gasteiger charge is 2.30. The molecule has 2 saturated heterocycles. The van der Waals surface area contributed by atoms with Crippen molar-refractivity contribution in [3.05, 3.63) is 106 Å². The molecule has 2 aliphatic rings. The molecular weight excluding hydrogens is 745 g/mol. The SMILES string of the molecule is Cc1cc(CCN2CCC(c3ccc(-c4cnc5[nH]nc(-c6ccc([C@@H](C)NC(=O)c7noc(C(C)(C)C)n7)c(C)c6)c5c4)nc3)CC2)ncc1C1CCC(=O)NC1=O. The Hall–Kier alpha value is -6.15. The van der Waals surface area contributed by atoms with E-state index in [1.54, 1.807) is 0 Å². The lowest BCUT2D eigenvalue weighted by Crippen LogP contribution is -2.39. The number of amides is 3.